The molecule has 11 heteroatoms. The molecule has 0 N–H and O–H groups in total. The maximum absolute atomic E-state index is 13.1. The highest BCUT2D eigenvalue weighted by Crippen LogP contribution is 2.36. The van der Waals surface area contributed by atoms with Crippen LogP contribution in [-0.2, 0) is 27.2 Å². The molecule has 4 atom stereocenters. The van der Waals surface area contributed by atoms with Gasteiger partial charge in [-0.2, -0.15) is 15.2 Å². The number of hydrogen-bond donors (Lipinski definition) is 0. The highest BCUT2D eigenvalue weighted by molar-refractivity contribution is 5.97. The molecule has 11 nitrogen and oxygen atoms in total. The van der Waals surface area contributed by atoms with E-state index in [4.69, 9.17) is 24.2 Å². The summed E-state index contributed by atoms with van der Waals surface area (Å²) in [6.07, 6.45) is 5.47. The van der Waals surface area contributed by atoms with E-state index >= 15 is 0 Å². The number of benzene rings is 2. The Kier molecular flexibility index (Phi) is 11.0. The van der Waals surface area contributed by atoms with Gasteiger partial charge in [-0.3, -0.25) is 4.79 Å². The molecule has 0 unspecified atom stereocenters. The van der Waals surface area contributed by atoms with Crippen molar-refractivity contribution in [2.24, 2.45) is 5.92 Å². The van der Waals surface area contributed by atoms with Gasteiger partial charge < -0.3 is 33.8 Å². The number of amides is 1. The van der Waals surface area contributed by atoms with Crippen LogP contribution in [0.15, 0.2) is 48.6 Å². The lowest BCUT2D eigenvalue weighted by molar-refractivity contribution is -0.128. The zero-order chi connectivity index (χ0) is 34.5. The van der Waals surface area contributed by atoms with Crippen LogP contribution in [0.5, 0.6) is 6.01 Å². The normalized spacial score (nSPS) is 22.0. The van der Waals surface area contributed by atoms with E-state index in [2.05, 4.69) is 78.1 Å². The lowest BCUT2D eigenvalue weighted by atomic mass is 9.99. The van der Waals surface area contributed by atoms with Gasteiger partial charge in [-0.25, -0.2) is 0 Å². The van der Waals surface area contributed by atoms with Gasteiger partial charge >= 0.3 is 6.01 Å². The van der Waals surface area contributed by atoms with E-state index in [0.29, 0.717) is 51.4 Å². The van der Waals surface area contributed by atoms with Crippen molar-refractivity contribution < 1.29 is 19.0 Å². The summed E-state index contributed by atoms with van der Waals surface area (Å²) in [6.45, 7) is 9.21. The van der Waals surface area contributed by atoms with Crippen LogP contribution in [0.1, 0.15) is 36.6 Å². The molecule has 260 valence electrons. The van der Waals surface area contributed by atoms with Gasteiger partial charge in [-0.05, 0) is 43.8 Å². The van der Waals surface area contributed by atoms with Gasteiger partial charge in [0.1, 0.15) is 5.82 Å². The summed E-state index contributed by atoms with van der Waals surface area (Å²) < 4.78 is 17.2. The molecule has 6 rings (SSSR count). The minimum atomic E-state index is -0.265. The van der Waals surface area contributed by atoms with Crippen LogP contribution in [0.4, 0.5) is 11.5 Å². The molecule has 3 aliphatic heterocycles. The second kappa shape index (κ2) is 15.5. The van der Waals surface area contributed by atoms with Gasteiger partial charge in [0.15, 0.2) is 0 Å². The quantitative estimate of drug-likeness (QED) is 0.274. The average molecular weight is 668 g/mol. The van der Waals surface area contributed by atoms with Gasteiger partial charge in [0.25, 0.3) is 0 Å². The summed E-state index contributed by atoms with van der Waals surface area (Å²) in [5.74, 6) is 1.00. The van der Waals surface area contributed by atoms with E-state index in [9.17, 15) is 10.1 Å². The molecule has 49 heavy (non-hydrogen) atoms. The van der Waals surface area contributed by atoms with E-state index in [1.54, 1.807) is 31.3 Å². The molecule has 0 radical (unpaired) electrons. The van der Waals surface area contributed by atoms with Gasteiger partial charge in [0.05, 0.1) is 50.1 Å². The number of methoxy groups -OCH3 is 2. The smallest absolute Gasteiger partial charge is 0.318 e. The first kappa shape index (κ1) is 34.6. The number of carbonyl (C=O) groups excluding carboxylic acids is 1. The van der Waals surface area contributed by atoms with Crippen molar-refractivity contribution in [3.63, 3.8) is 0 Å². The van der Waals surface area contributed by atoms with Crippen molar-refractivity contribution >= 4 is 28.2 Å². The number of nitrogens with zero attached hydrogens (tertiary/aromatic N) is 7. The zero-order valence-corrected chi connectivity index (χ0v) is 29.5. The molecule has 0 saturated carbocycles. The Labute approximate surface area is 290 Å². The van der Waals surface area contributed by atoms with Gasteiger partial charge in [0.2, 0.25) is 5.91 Å². The number of likely N-dealkylation sites (N-methyl/N-ethyl adjacent to an activating group) is 1. The molecule has 3 aromatic rings. The maximum Gasteiger partial charge on any atom is 0.318 e. The summed E-state index contributed by atoms with van der Waals surface area (Å²) in [4.78, 5) is 32.0. The Morgan fingerprint density at radius 2 is 1.92 bits per heavy atom. The predicted molar refractivity (Wildman–Crippen MR) is 191 cm³/mol. The number of fused-ring (bicyclic) bond motifs is 2. The number of nitriles is 1. The minimum absolute atomic E-state index is 0.103. The highest BCUT2D eigenvalue weighted by atomic mass is 16.5. The number of ether oxygens (including phenoxy) is 3. The third-order valence-corrected chi connectivity index (χ3v) is 10.4. The van der Waals surface area contributed by atoms with Crippen LogP contribution in [-0.4, -0.2) is 111 Å². The van der Waals surface area contributed by atoms with Crippen molar-refractivity contribution in [1.29, 1.82) is 5.26 Å². The maximum atomic E-state index is 13.1. The molecule has 4 heterocycles. The Morgan fingerprint density at radius 1 is 1.10 bits per heavy atom. The molecule has 0 aliphatic carbocycles. The lowest BCUT2D eigenvalue weighted by Gasteiger charge is -2.42. The van der Waals surface area contributed by atoms with Gasteiger partial charge in [0, 0.05) is 81.6 Å². The first-order valence-corrected chi connectivity index (χ1v) is 17.4. The second-order valence-corrected chi connectivity index (χ2v) is 13.6. The average Bonchev–Trinajstić information content (AvgIpc) is 3.50. The number of piperazine rings is 1. The molecule has 2 aromatic carbocycles. The van der Waals surface area contributed by atoms with Gasteiger partial charge in [-0.15, -0.1) is 0 Å². The Hall–Kier alpha value is -4.24. The fraction of sp³-hybridized carbons (Fsp3) is 0.526. The molecule has 0 bridgehead atoms. The standard InChI is InChI=1S/C38H49N7O4/c1-26-9-6-10-28-11-7-12-33(36(26)28)43-17-15-31-32(24-43)40-38(49-25-27(2)34-21-30(48-5)23-42(34)3)41-37(31)44-18-19-45(29(22-44)14-16-39)35(46)13-8-20-47-4/h6-13,27,29-30,34H,14-15,17-25H2,1-5H3/b13-8+/t27-,29+,30-,34-/m1/s1. The largest absolute Gasteiger partial charge is 0.463 e. The summed E-state index contributed by atoms with van der Waals surface area (Å²) in [6, 6.07) is 15.7. The number of hydrogen-bond acceptors (Lipinski definition) is 10. The van der Waals surface area contributed by atoms with E-state index in [0.717, 1.165) is 43.0 Å². The number of aryl methyl sites for hydroxylation is 1. The molecular weight excluding hydrogens is 618 g/mol. The topological polar surface area (TPSA) is 107 Å². The molecule has 1 amide bonds. The monoisotopic (exact) mass is 667 g/mol. The fourth-order valence-electron chi connectivity index (χ4n) is 7.78. The first-order chi connectivity index (χ1) is 23.8. The van der Waals surface area contributed by atoms with Crippen molar-refractivity contribution in [1.82, 2.24) is 19.8 Å². The third-order valence-electron chi connectivity index (χ3n) is 10.4. The predicted octanol–water partition coefficient (Wildman–Crippen LogP) is 4.37. The summed E-state index contributed by atoms with van der Waals surface area (Å²) in [5, 5.41) is 12.2. The van der Waals surface area contributed by atoms with Gasteiger partial charge in [-0.1, -0.05) is 43.3 Å². The van der Waals surface area contributed by atoms with E-state index in [-0.39, 0.29) is 30.4 Å². The number of carbonyl (C=O) groups is 1. The van der Waals surface area contributed by atoms with Crippen LogP contribution in [0.2, 0.25) is 0 Å². The zero-order valence-electron chi connectivity index (χ0n) is 29.5. The number of rotatable bonds is 11. The summed E-state index contributed by atoms with van der Waals surface area (Å²) >= 11 is 0. The van der Waals surface area contributed by atoms with Crippen LogP contribution >= 0.6 is 0 Å². The van der Waals surface area contributed by atoms with Crippen LogP contribution < -0.4 is 14.5 Å². The number of likely N-dealkylation sites (tertiary alicyclic amines) is 1. The lowest BCUT2D eigenvalue weighted by Crippen LogP contribution is -2.55. The van der Waals surface area contributed by atoms with E-state index < -0.39 is 0 Å². The highest BCUT2D eigenvalue weighted by Gasteiger charge is 2.35. The molecule has 2 saturated heterocycles. The van der Waals surface area contributed by atoms with Crippen molar-refractivity contribution in [2.75, 3.05) is 77.0 Å². The third kappa shape index (κ3) is 7.52. The molecule has 3 aliphatic rings. The number of aromatic nitrogens is 2. The Balaban J connectivity index is 1.30. The van der Waals surface area contributed by atoms with Crippen molar-refractivity contribution in [3.8, 4) is 12.1 Å². The molecule has 0 spiro atoms. The first-order valence-electron chi connectivity index (χ1n) is 17.4. The Bertz CT molecular complexity index is 1700. The molecule has 1 aromatic heterocycles. The van der Waals surface area contributed by atoms with Crippen LogP contribution in [0.3, 0.4) is 0 Å². The molecule has 2 fully saturated rings. The minimum Gasteiger partial charge on any atom is -0.463 e. The van der Waals surface area contributed by atoms with Crippen molar-refractivity contribution in [3.05, 3.63) is 65.4 Å². The van der Waals surface area contributed by atoms with Crippen LogP contribution in [0.25, 0.3) is 10.8 Å². The van der Waals surface area contributed by atoms with Crippen molar-refractivity contribution in [2.45, 2.75) is 57.8 Å². The SMILES string of the molecule is COC/C=C/C(=O)N1CCN(c2nc(OC[C@@H](C)[C@H]3C[C@@H](OC)CN3C)nc3c2CCN(c2cccc4cccc(C)c24)C3)C[C@@H]1CC#N. The Morgan fingerprint density at radius 3 is 2.67 bits per heavy atom. The summed E-state index contributed by atoms with van der Waals surface area (Å²) in [5.41, 5.74) is 4.53. The van der Waals surface area contributed by atoms with E-state index in [1.165, 1.54) is 22.0 Å². The number of anilines is 2. The fourth-order valence-corrected chi connectivity index (χ4v) is 7.78. The van der Waals surface area contributed by atoms with E-state index in [1.807, 2.05) is 0 Å². The second-order valence-electron chi connectivity index (χ2n) is 13.6. The summed E-state index contributed by atoms with van der Waals surface area (Å²) in [7, 11) is 5.52. The van der Waals surface area contributed by atoms with Crippen LogP contribution in [0, 0.1) is 24.2 Å². The molecular formula is C38H49N7O4.